The molecule has 0 saturated heterocycles. The van der Waals surface area contributed by atoms with E-state index in [0.717, 1.165) is 30.7 Å². The van der Waals surface area contributed by atoms with Gasteiger partial charge in [0.2, 0.25) is 0 Å². The van der Waals surface area contributed by atoms with E-state index in [2.05, 4.69) is 43.2 Å². The Morgan fingerprint density at radius 1 is 1.40 bits per heavy atom. The molecule has 114 valence electrons. The molecule has 1 heterocycles. The molecule has 1 aromatic heterocycles. The van der Waals surface area contributed by atoms with Crippen molar-refractivity contribution in [3.05, 3.63) is 17.0 Å². The number of nitrogens with zero attached hydrogens (tertiary/aromatic N) is 2. The largest absolute Gasteiger partial charge is 0.360 e. The molecule has 0 unspecified atom stereocenters. The van der Waals surface area contributed by atoms with Crippen molar-refractivity contribution in [1.29, 1.82) is 0 Å². The van der Waals surface area contributed by atoms with E-state index >= 15 is 0 Å². The highest BCUT2D eigenvalue weighted by Gasteiger charge is 2.23. The Balaban J connectivity index is 2.54. The van der Waals surface area contributed by atoms with Crippen LogP contribution >= 0.6 is 0 Å². The van der Waals surface area contributed by atoms with Gasteiger partial charge in [-0.15, -0.1) is 0 Å². The highest BCUT2D eigenvalue weighted by atomic mass is 16.5. The van der Waals surface area contributed by atoms with E-state index in [4.69, 9.17) is 4.52 Å². The molecule has 1 amide bonds. The summed E-state index contributed by atoms with van der Waals surface area (Å²) in [6, 6.07) is 0. The van der Waals surface area contributed by atoms with Crippen molar-refractivity contribution in [2.24, 2.45) is 0 Å². The van der Waals surface area contributed by atoms with Crippen LogP contribution in [-0.2, 0) is 6.42 Å². The monoisotopic (exact) mass is 281 g/mol. The van der Waals surface area contributed by atoms with E-state index in [0.29, 0.717) is 12.2 Å². The number of nitrogens with one attached hydrogen (secondary N) is 1. The normalized spacial score (nSPS) is 11.9. The van der Waals surface area contributed by atoms with Crippen LogP contribution in [0.2, 0.25) is 0 Å². The Morgan fingerprint density at radius 2 is 2.05 bits per heavy atom. The van der Waals surface area contributed by atoms with Crippen molar-refractivity contribution in [3.8, 4) is 0 Å². The molecule has 0 aliphatic heterocycles. The number of carbonyl (C=O) groups is 1. The molecule has 0 saturated carbocycles. The van der Waals surface area contributed by atoms with Crippen molar-refractivity contribution in [1.82, 2.24) is 15.4 Å². The van der Waals surface area contributed by atoms with Crippen molar-refractivity contribution in [2.45, 2.75) is 53.0 Å². The van der Waals surface area contributed by atoms with E-state index in [9.17, 15) is 4.79 Å². The smallest absolute Gasteiger partial charge is 0.273 e. The Labute approximate surface area is 121 Å². The van der Waals surface area contributed by atoms with Gasteiger partial charge in [-0.1, -0.05) is 19.0 Å². The predicted octanol–water partition coefficient (Wildman–Crippen LogP) is 2.40. The van der Waals surface area contributed by atoms with Crippen molar-refractivity contribution < 1.29 is 9.32 Å². The number of rotatable bonds is 7. The number of amides is 1. The first-order chi connectivity index (χ1) is 9.33. The Bertz CT molecular complexity index is 452. The molecule has 0 aromatic carbocycles. The minimum atomic E-state index is -0.152. The second-order valence-corrected chi connectivity index (χ2v) is 5.77. The zero-order chi connectivity index (χ0) is 15.3. The molecular formula is C15H27N3O2. The first-order valence-corrected chi connectivity index (χ1v) is 7.28. The maximum Gasteiger partial charge on any atom is 0.273 e. The van der Waals surface area contributed by atoms with E-state index in [-0.39, 0.29) is 11.4 Å². The molecule has 1 N–H and O–H groups in total. The lowest BCUT2D eigenvalue weighted by molar-refractivity contribution is 0.0929. The molecule has 5 nitrogen and oxygen atoms in total. The summed E-state index contributed by atoms with van der Waals surface area (Å²) in [6.07, 6.45) is 1.64. The summed E-state index contributed by atoms with van der Waals surface area (Å²) in [7, 11) is 2.09. The van der Waals surface area contributed by atoms with E-state index in [1.165, 1.54) is 0 Å². The molecule has 0 radical (unpaired) electrons. The summed E-state index contributed by atoms with van der Waals surface area (Å²) >= 11 is 0. The lowest BCUT2D eigenvalue weighted by Gasteiger charge is -2.35. The zero-order valence-electron chi connectivity index (χ0n) is 13.5. The molecule has 0 fully saturated rings. The lowest BCUT2D eigenvalue weighted by Crippen LogP contribution is -2.43. The van der Waals surface area contributed by atoms with Gasteiger partial charge in [0.05, 0.1) is 0 Å². The SMILES string of the molecule is CCc1onc(C(=O)NCCC(C)(C)N(C)CC)c1C. The van der Waals surface area contributed by atoms with Crippen LogP contribution in [0.15, 0.2) is 4.52 Å². The maximum absolute atomic E-state index is 12.1. The highest BCUT2D eigenvalue weighted by molar-refractivity contribution is 5.93. The van der Waals surface area contributed by atoms with Gasteiger partial charge >= 0.3 is 0 Å². The predicted molar refractivity (Wildman–Crippen MR) is 80.0 cm³/mol. The van der Waals surface area contributed by atoms with Gasteiger partial charge in [-0.05, 0) is 40.8 Å². The summed E-state index contributed by atoms with van der Waals surface area (Å²) in [5.74, 6) is 0.627. The molecule has 1 aromatic rings. The second kappa shape index (κ2) is 6.88. The Kier molecular flexibility index (Phi) is 5.74. The van der Waals surface area contributed by atoms with Crippen LogP contribution in [0, 0.1) is 6.92 Å². The minimum Gasteiger partial charge on any atom is -0.360 e. The first kappa shape index (κ1) is 16.7. The average Bonchev–Trinajstić information content (AvgIpc) is 2.78. The quantitative estimate of drug-likeness (QED) is 0.833. The van der Waals surface area contributed by atoms with Crippen LogP contribution in [0.5, 0.6) is 0 Å². The molecule has 0 bridgehead atoms. The van der Waals surface area contributed by atoms with E-state index in [1.54, 1.807) is 0 Å². The van der Waals surface area contributed by atoms with Gasteiger partial charge in [0, 0.05) is 24.1 Å². The van der Waals surface area contributed by atoms with Crippen LogP contribution in [0.4, 0.5) is 0 Å². The molecule has 20 heavy (non-hydrogen) atoms. The summed E-state index contributed by atoms with van der Waals surface area (Å²) in [5, 5.41) is 6.78. The maximum atomic E-state index is 12.1. The fourth-order valence-corrected chi connectivity index (χ4v) is 2.10. The molecule has 1 rings (SSSR count). The Hall–Kier alpha value is -1.36. The minimum absolute atomic E-state index is 0.0650. The standard InChI is InChI=1S/C15H27N3O2/c1-7-12-11(3)13(17-20-12)14(19)16-10-9-15(4,5)18(6)8-2/h7-10H2,1-6H3,(H,16,19). The molecule has 5 heteroatoms. The number of hydrogen-bond donors (Lipinski definition) is 1. The molecule has 0 aliphatic rings. The van der Waals surface area contributed by atoms with Crippen molar-refractivity contribution in [3.63, 3.8) is 0 Å². The average molecular weight is 281 g/mol. The van der Waals surface area contributed by atoms with Crippen LogP contribution in [0.25, 0.3) is 0 Å². The third-order valence-corrected chi connectivity index (χ3v) is 4.09. The lowest BCUT2D eigenvalue weighted by atomic mass is 9.98. The van der Waals surface area contributed by atoms with Gasteiger partial charge in [0.15, 0.2) is 5.69 Å². The van der Waals surface area contributed by atoms with Gasteiger partial charge in [-0.3, -0.25) is 4.79 Å². The summed E-state index contributed by atoms with van der Waals surface area (Å²) < 4.78 is 5.15. The fourth-order valence-electron chi connectivity index (χ4n) is 2.10. The van der Waals surface area contributed by atoms with Crippen molar-refractivity contribution in [2.75, 3.05) is 20.1 Å². The van der Waals surface area contributed by atoms with Gasteiger partial charge in [0.1, 0.15) is 5.76 Å². The van der Waals surface area contributed by atoms with Crippen LogP contribution in [0.1, 0.15) is 55.9 Å². The van der Waals surface area contributed by atoms with Crippen LogP contribution in [0.3, 0.4) is 0 Å². The van der Waals surface area contributed by atoms with Gasteiger partial charge in [-0.2, -0.15) is 0 Å². The van der Waals surface area contributed by atoms with E-state index in [1.807, 2.05) is 13.8 Å². The summed E-state index contributed by atoms with van der Waals surface area (Å²) in [5.41, 5.74) is 1.31. The molecule has 0 aliphatic carbocycles. The summed E-state index contributed by atoms with van der Waals surface area (Å²) in [6.45, 7) is 12.0. The topological polar surface area (TPSA) is 58.4 Å². The number of carbonyl (C=O) groups excluding carboxylic acids is 1. The zero-order valence-corrected chi connectivity index (χ0v) is 13.5. The second-order valence-electron chi connectivity index (χ2n) is 5.77. The third-order valence-electron chi connectivity index (χ3n) is 4.09. The number of hydrogen-bond acceptors (Lipinski definition) is 4. The highest BCUT2D eigenvalue weighted by Crippen LogP contribution is 2.16. The Morgan fingerprint density at radius 3 is 2.55 bits per heavy atom. The van der Waals surface area contributed by atoms with Crippen molar-refractivity contribution >= 4 is 5.91 Å². The number of aryl methyl sites for hydroxylation is 1. The number of aromatic nitrogens is 1. The third kappa shape index (κ3) is 3.82. The first-order valence-electron chi connectivity index (χ1n) is 7.28. The van der Waals surface area contributed by atoms with Gasteiger partial charge < -0.3 is 14.7 Å². The van der Waals surface area contributed by atoms with Crippen LogP contribution in [-0.4, -0.2) is 41.6 Å². The van der Waals surface area contributed by atoms with E-state index < -0.39 is 0 Å². The molecular weight excluding hydrogens is 254 g/mol. The fraction of sp³-hybridized carbons (Fsp3) is 0.733. The molecule has 0 spiro atoms. The van der Waals surface area contributed by atoms with Crippen LogP contribution < -0.4 is 5.32 Å². The van der Waals surface area contributed by atoms with Gasteiger partial charge in [-0.25, -0.2) is 0 Å². The summed E-state index contributed by atoms with van der Waals surface area (Å²) in [4.78, 5) is 14.3. The van der Waals surface area contributed by atoms with Gasteiger partial charge in [0.25, 0.3) is 5.91 Å². The molecule has 0 atom stereocenters.